The largest absolute Gasteiger partial charge is 0.477 e. The summed E-state index contributed by atoms with van der Waals surface area (Å²) in [5.74, 6) is 0.856. The van der Waals surface area contributed by atoms with Gasteiger partial charge in [0.25, 0.3) is 0 Å². The van der Waals surface area contributed by atoms with Crippen molar-refractivity contribution in [3.05, 3.63) is 65.7 Å². The number of thiophene rings is 3. The van der Waals surface area contributed by atoms with Crippen molar-refractivity contribution in [2.45, 2.75) is 288 Å². The number of amides is 3. The molecule has 0 atom stereocenters. The normalized spacial score (nSPS) is 27.9. The zero-order valence-corrected chi connectivity index (χ0v) is 64.1. The monoisotopic (exact) mass is 1450 g/mol. The number of ether oxygens (including phenoxy) is 6. The number of rotatable bonds is 21. The number of aliphatic hydroxyl groups is 1. The minimum absolute atomic E-state index is 0.00938. The zero-order chi connectivity index (χ0) is 71.5. The highest BCUT2D eigenvalue weighted by atomic mass is 32.1. The van der Waals surface area contributed by atoms with Gasteiger partial charge in [-0.2, -0.15) is 0 Å². The number of allylic oxidation sites excluding steroid dienone is 6. The summed E-state index contributed by atoms with van der Waals surface area (Å²) in [6.07, 6.45) is 41.8. The molecule has 6 fully saturated rings. The van der Waals surface area contributed by atoms with Crippen LogP contribution in [0.1, 0.15) is 296 Å². The highest BCUT2D eigenvalue weighted by molar-refractivity contribution is 7.16. The van der Waals surface area contributed by atoms with Gasteiger partial charge in [0.1, 0.15) is 28.2 Å². The Kier molecular flexibility index (Phi) is 30.2. The quantitative estimate of drug-likeness (QED) is 0.0751. The lowest BCUT2D eigenvalue weighted by Crippen LogP contribution is -2.47. The summed E-state index contributed by atoms with van der Waals surface area (Å²) in [5.41, 5.74) is 5.93. The molecular weight excluding hydrogens is 1340 g/mol. The number of aliphatic hydroxyl groups excluding tert-OH is 1. The van der Waals surface area contributed by atoms with Crippen molar-refractivity contribution in [2.24, 2.45) is 35.5 Å². The Balaban J connectivity index is 0.000000164. The van der Waals surface area contributed by atoms with E-state index in [4.69, 9.17) is 28.4 Å². The number of esters is 2. The third-order valence-corrected chi connectivity index (χ3v) is 26.9. The number of anilines is 3. The summed E-state index contributed by atoms with van der Waals surface area (Å²) < 4.78 is 32.1. The fraction of sp³-hybridized carbons (Fsp3) is 0.704. The molecular formula is C81H117N3O14S3. The van der Waals surface area contributed by atoms with Gasteiger partial charge in [0.15, 0.2) is 0 Å². The van der Waals surface area contributed by atoms with E-state index in [1.807, 2.05) is 20.8 Å². The van der Waals surface area contributed by atoms with Crippen LogP contribution in [-0.2, 0) is 42.8 Å². The minimum Gasteiger partial charge on any atom is -0.477 e. The van der Waals surface area contributed by atoms with Crippen molar-refractivity contribution < 1.29 is 67.4 Å². The second-order valence-corrected chi connectivity index (χ2v) is 33.8. The molecule has 6 saturated carbocycles. The Morgan fingerprint density at radius 3 is 0.980 bits per heavy atom. The van der Waals surface area contributed by atoms with Crippen molar-refractivity contribution in [3.63, 3.8) is 0 Å². The van der Waals surface area contributed by atoms with Crippen LogP contribution < -0.4 is 14.7 Å². The van der Waals surface area contributed by atoms with Gasteiger partial charge in [0.05, 0.1) is 49.6 Å². The molecule has 101 heavy (non-hydrogen) atoms. The molecule has 9 aliphatic rings. The molecule has 17 nitrogen and oxygen atoms in total. The number of aromatic carboxylic acids is 1. The Bertz CT molecular complexity index is 3300. The third kappa shape index (κ3) is 20.7. The average molecular weight is 1450 g/mol. The molecule has 9 aliphatic carbocycles. The number of hydrogen-bond acceptors (Lipinski definition) is 16. The first kappa shape index (κ1) is 78.5. The molecule has 3 amide bonds. The first-order chi connectivity index (χ1) is 49.0. The van der Waals surface area contributed by atoms with Crippen LogP contribution in [0.4, 0.5) is 17.1 Å². The van der Waals surface area contributed by atoms with Crippen molar-refractivity contribution in [2.75, 3.05) is 56.7 Å². The molecule has 558 valence electrons. The molecule has 12 rings (SSSR count). The van der Waals surface area contributed by atoms with Crippen molar-refractivity contribution in [1.29, 1.82) is 0 Å². The molecule has 0 bridgehead atoms. The highest BCUT2D eigenvalue weighted by Crippen LogP contribution is 2.47. The average Bonchev–Trinajstić information content (AvgIpc) is 1.70. The summed E-state index contributed by atoms with van der Waals surface area (Å²) >= 11 is 4.30. The molecule has 2 N–H and O–H groups in total. The van der Waals surface area contributed by atoms with E-state index in [1.165, 1.54) is 90.6 Å². The minimum atomic E-state index is -0.935. The predicted molar refractivity (Wildman–Crippen MR) is 404 cm³/mol. The zero-order valence-electron chi connectivity index (χ0n) is 61.6. The molecule has 3 heterocycles. The lowest BCUT2D eigenvalue weighted by Gasteiger charge is -2.39. The summed E-state index contributed by atoms with van der Waals surface area (Å²) in [4.78, 5) is 90.6. The smallest absolute Gasteiger partial charge is 0.350 e. The topological polar surface area (TPSA) is 208 Å². The van der Waals surface area contributed by atoms with E-state index in [-0.39, 0.29) is 90.6 Å². The summed E-state index contributed by atoms with van der Waals surface area (Å²) in [6, 6.07) is 6.28. The Morgan fingerprint density at radius 1 is 0.406 bits per heavy atom. The number of carboxylic acids is 1. The van der Waals surface area contributed by atoms with Crippen LogP contribution in [0.25, 0.3) is 16.7 Å². The van der Waals surface area contributed by atoms with Gasteiger partial charge in [-0.15, -0.1) is 34.0 Å². The van der Waals surface area contributed by atoms with Gasteiger partial charge in [0.2, 0.25) is 17.7 Å². The number of hydrogen-bond donors (Lipinski definition) is 2. The van der Waals surface area contributed by atoms with Crippen LogP contribution in [0.15, 0.2) is 36.4 Å². The first-order valence-corrected chi connectivity index (χ1v) is 41.2. The maximum atomic E-state index is 14.1. The SMILES string of the molecule is COC(=O)c1sc(C2=CCCCC2)cc1N(C(=O)C1CCC(C)CC1)C1CCC(O)CC1.COCOC1CCC(N(C(=O)C2CCC(C)CC2)c2cc(C3=CCCCC3)sc2C(=O)O)CC1.COCOC1CCC(N(C(=O)C2CCC(C)CC2)c2cc(C3=CCCCC3)sc2C(=O)OC)CC1. The number of nitrogens with zero attached hydrogens (tertiary/aromatic N) is 3. The lowest BCUT2D eigenvalue weighted by molar-refractivity contribution is -0.125. The van der Waals surface area contributed by atoms with E-state index in [9.17, 15) is 39.0 Å². The molecule has 0 aliphatic heterocycles. The second-order valence-electron chi connectivity index (χ2n) is 30.7. The number of carbonyl (C=O) groups is 6. The molecule has 0 radical (unpaired) electrons. The van der Waals surface area contributed by atoms with Gasteiger partial charge in [0, 0.05) is 64.7 Å². The molecule has 0 saturated heterocycles. The Labute approximate surface area is 613 Å². The van der Waals surface area contributed by atoms with Crippen molar-refractivity contribution >= 4 is 103 Å². The Hall–Kier alpha value is -5.06. The number of carbonyl (C=O) groups excluding carboxylic acids is 5. The second kappa shape index (κ2) is 38.8. The van der Waals surface area contributed by atoms with E-state index in [2.05, 4.69) is 51.1 Å². The molecule has 3 aromatic heterocycles. The first-order valence-electron chi connectivity index (χ1n) is 38.7. The van der Waals surface area contributed by atoms with E-state index in [0.717, 1.165) is 219 Å². The van der Waals surface area contributed by atoms with Gasteiger partial charge in [-0.25, -0.2) is 14.4 Å². The lowest BCUT2D eigenvalue weighted by atomic mass is 9.81. The fourth-order valence-corrected chi connectivity index (χ4v) is 20.5. The van der Waals surface area contributed by atoms with Crippen LogP contribution in [0.3, 0.4) is 0 Å². The van der Waals surface area contributed by atoms with E-state index >= 15 is 0 Å². The summed E-state index contributed by atoms with van der Waals surface area (Å²) in [6.45, 7) is 7.38. The number of carboxylic acid groups (broad SMARTS) is 1. The molecule has 0 aromatic carbocycles. The van der Waals surface area contributed by atoms with Gasteiger partial charge < -0.3 is 53.3 Å². The third-order valence-electron chi connectivity index (χ3n) is 23.4. The van der Waals surface area contributed by atoms with Crippen molar-refractivity contribution in [1.82, 2.24) is 0 Å². The van der Waals surface area contributed by atoms with Gasteiger partial charge in [-0.3, -0.25) is 14.4 Å². The maximum absolute atomic E-state index is 14.1. The Morgan fingerprint density at radius 2 is 0.703 bits per heavy atom. The van der Waals surface area contributed by atoms with Crippen LogP contribution in [0.5, 0.6) is 0 Å². The van der Waals surface area contributed by atoms with E-state index < -0.39 is 5.97 Å². The standard InChI is InChI=1S/C28H41NO5S.C27H39NO5S.C26H37NO4S/c1-19-9-11-21(12-10-19)27(30)29(22-13-15-23(16-14-22)34-18-32-2)24-17-25(20-7-5-4-6-8-20)35-26(24)28(31)33-3;1-18-8-10-20(11-9-18)26(29)28(21-12-14-22(15-13-21)33-17-32-2)23-16-24(34-25(23)27(30)31)19-6-4-3-5-7-19;1-17-8-10-19(11-9-17)25(29)27(20-12-14-21(28)15-13-20)22-16-23(18-6-4-3-5-7-18)32-24(22)26(30)31-2/h7,17,19,21-23H,4-6,8-16,18H2,1-3H3;6,16,18,20-22H,3-5,7-15,17H2,1-2H3,(H,30,31);6,16-17,19-21,28H,3-5,7-15H2,1-2H3. The van der Waals surface area contributed by atoms with Crippen LogP contribution in [0.2, 0.25) is 0 Å². The molecule has 0 unspecified atom stereocenters. The molecule has 0 spiro atoms. The summed E-state index contributed by atoms with van der Waals surface area (Å²) in [7, 11) is 6.11. The highest BCUT2D eigenvalue weighted by Gasteiger charge is 2.42. The molecule has 3 aromatic rings. The van der Waals surface area contributed by atoms with Gasteiger partial charge in [-0.1, -0.05) is 39.0 Å². The fourth-order valence-electron chi connectivity index (χ4n) is 17.2. The van der Waals surface area contributed by atoms with Gasteiger partial charge >= 0.3 is 17.9 Å². The van der Waals surface area contributed by atoms with Gasteiger partial charge in [-0.05, 0) is 284 Å². The van der Waals surface area contributed by atoms with E-state index in [0.29, 0.717) is 57.7 Å². The maximum Gasteiger partial charge on any atom is 0.350 e. The number of methoxy groups -OCH3 is 4. The molecule has 20 heteroatoms. The van der Waals surface area contributed by atoms with Crippen molar-refractivity contribution in [3.8, 4) is 0 Å². The predicted octanol–water partition coefficient (Wildman–Crippen LogP) is 19.0. The van der Waals surface area contributed by atoms with Crippen LogP contribution in [-0.4, -0.2) is 124 Å². The van der Waals surface area contributed by atoms with Crippen LogP contribution >= 0.6 is 34.0 Å². The summed E-state index contributed by atoms with van der Waals surface area (Å²) in [5, 5.41) is 20.2. The van der Waals surface area contributed by atoms with E-state index in [1.54, 1.807) is 14.2 Å². The van der Waals surface area contributed by atoms with Crippen LogP contribution in [0, 0.1) is 35.5 Å².